The van der Waals surface area contributed by atoms with Crippen molar-refractivity contribution in [3.63, 3.8) is 0 Å². The second-order valence-corrected chi connectivity index (χ2v) is 11.9. The minimum atomic E-state index is -2.35. The molecule has 2 aromatic heterocycles. The Kier molecular flexibility index (Phi) is 7.25. The van der Waals surface area contributed by atoms with E-state index in [1.165, 1.54) is 25.9 Å². The summed E-state index contributed by atoms with van der Waals surface area (Å²) in [6.07, 6.45) is 4.09. The van der Waals surface area contributed by atoms with Crippen molar-refractivity contribution in [2.45, 2.75) is 19.4 Å². The average Bonchev–Trinajstić information content (AvgIpc) is 3.33. The standard InChI is InChI=1S/C26H30BrN9O2S/c1-35-15-26(16-35)8-10-36(11-9-26)24-19-7-6-18(12-22(19)33-34-24)30-25-28-14-20(27)23(32-25)31-21-5-3-2-4-17(21)13-29-39(37)38/h2-7,12,14,29H,8-11,13,15-16H2,1H3,(H,33,34)(H,37,38)(H2,28,30,31,32)/p-1. The van der Waals surface area contributed by atoms with E-state index in [2.05, 4.69) is 74.4 Å². The molecule has 0 bridgehead atoms. The molecule has 0 amide bonds. The zero-order valence-electron chi connectivity index (χ0n) is 21.4. The minimum absolute atomic E-state index is 0.162. The van der Waals surface area contributed by atoms with E-state index in [1.54, 1.807) is 6.20 Å². The van der Waals surface area contributed by atoms with Gasteiger partial charge in [0.1, 0.15) is 5.82 Å². The number of aromatic amines is 1. The molecule has 6 rings (SSSR count). The van der Waals surface area contributed by atoms with E-state index in [4.69, 9.17) is 0 Å². The highest BCUT2D eigenvalue weighted by atomic mass is 79.9. The highest BCUT2D eigenvalue weighted by molar-refractivity contribution is 9.10. The fraction of sp³-hybridized carbons (Fsp3) is 0.346. The number of hydrogen-bond donors (Lipinski definition) is 4. The molecule has 2 saturated heterocycles. The van der Waals surface area contributed by atoms with E-state index in [-0.39, 0.29) is 6.54 Å². The summed E-state index contributed by atoms with van der Waals surface area (Å²) in [5.74, 6) is 1.98. The summed E-state index contributed by atoms with van der Waals surface area (Å²) in [6.45, 7) is 4.64. The predicted octanol–water partition coefficient (Wildman–Crippen LogP) is 4.02. The van der Waals surface area contributed by atoms with Crippen LogP contribution < -0.4 is 20.3 Å². The number of nitrogens with one attached hydrogen (secondary N) is 4. The number of halogens is 1. The van der Waals surface area contributed by atoms with Crippen molar-refractivity contribution >= 4 is 67.1 Å². The Morgan fingerprint density at radius 1 is 1.15 bits per heavy atom. The molecular formula is C26H29BrN9O2S-. The highest BCUT2D eigenvalue weighted by Gasteiger charge is 2.43. The van der Waals surface area contributed by atoms with Crippen LogP contribution in [-0.2, 0) is 17.8 Å². The van der Waals surface area contributed by atoms with Gasteiger partial charge in [0, 0.05) is 66.9 Å². The van der Waals surface area contributed by atoms with Gasteiger partial charge in [0.15, 0.2) is 5.82 Å². The molecule has 13 heteroatoms. The molecule has 0 radical (unpaired) electrons. The van der Waals surface area contributed by atoms with Crippen molar-refractivity contribution in [2.24, 2.45) is 5.41 Å². The number of para-hydroxylation sites is 1. The monoisotopic (exact) mass is 610 g/mol. The summed E-state index contributed by atoms with van der Waals surface area (Å²) in [5, 5.41) is 15.5. The van der Waals surface area contributed by atoms with E-state index < -0.39 is 11.3 Å². The molecule has 1 atom stereocenters. The van der Waals surface area contributed by atoms with Crippen LogP contribution >= 0.6 is 15.9 Å². The Bertz CT molecular complexity index is 1510. The number of fused-ring (bicyclic) bond motifs is 1. The minimum Gasteiger partial charge on any atom is -0.760 e. The van der Waals surface area contributed by atoms with Gasteiger partial charge >= 0.3 is 0 Å². The number of piperidine rings is 1. The van der Waals surface area contributed by atoms with Crippen molar-refractivity contribution in [1.82, 2.24) is 29.8 Å². The van der Waals surface area contributed by atoms with E-state index in [9.17, 15) is 8.76 Å². The molecule has 4 aromatic rings. The zero-order valence-corrected chi connectivity index (χ0v) is 23.8. The van der Waals surface area contributed by atoms with Crippen LogP contribution in [0.25, 0.3) is 10.9 Å². The maximum atomic E-state index is 10.9. The number of anilines is 5. The van der Waals surface area contributed by atoms with Gasteiger partial charge in [0.2, 0.25) is 5.95 Å². The Balaban J connectivity index is 1.16. The van der Waals surface area contributed by atoms with Crippen molar-refractivity contribution in [3.05, 3.63) is 58.7 Å². The molecule has 39 heavy (non-hydrogen) atoms. The lowest BCUT2D eigenvalue weighted by atomic mass is 9.72. The van der Waals surface area contributed by atoms with Gasteiger partial charge in [-0.05, 0) is 71.1 Å². The molecule has 4 heterocycles. The Labute approximate surface area is 237 Å². The van der Waals surface area contributed by atoms with Crippen LogP contribution in [0.4, 0.5) is 29.0 Å². The van der Waals surface area contributed by atoms with E-state index in [0.29, 0.717) is 21.7 Å². The first-order valence-corrected chi connectivity index (χ1v) is 14.6. The van der Waals surface area contributed by atoms with Crippen LogP contribution in [0.5, 0.6) is 0 Å². The molecule has 1 unspecified atom stereocenters. The second kappa shape index (κ2) is 10.8. The third-order valence-electron chi connectivity index (χ3n) is 7.53. The van der Waals surface area contributed by atoms with Gasteiger partial charge in [-0.1, -0.05) is 18.2 Å². The quantitative estimate of drug-likeness (QED) is 0.218. The van der Waals surface area contributed by atoms with E-state index in [0.717, 1.165) is 46.7 Å². The van der Waals surface area contributed by atoms with Gasteiger partial charge in [0.05, 0.1) is 9.99 Å². The highest BCUT2D eigenvalue weighted by Crippen LogP contribution is 2.41. The van der Waals surface area contributed by atoms with Crippen LogP contribution in [0.15, 0.2) is 53.1 Å². The molecule has 204 valence electrons. The summed E-state index contributed by atoms with van der Waals surface area (Å²) < 4.78 is 25.0. The molecule has 1 spiro atoms. The fourth-order valence-electron chi connectivity index (χ4n) is 5.64. The Morgan fingerprint density at radius 2 is 1.95 bits per heavy atom. The van der Waals surface area contributed by atoms with Gasteiger partial charge in [0.25, 0.3) is 0 Å². The van der Waals surface area contributed by atoms with E-state index >= 15 is 0 Å². The molecule has 2 fully saturated rings. The normalized spacial score (nSPS) is 17.8. The third-order valence-corrected chi connectivity index (χ3v) is 8.49. The number of hydrogen-bond acceptors (Lipinski definition) is 9. The fourth-order valence-corrected chi connectivity index (χ4v) is 6.20. The summed E-state index contributed by atoms with van der Waals surface area (Å²) in [6, 6.07) is 13.5. The van der Waals surface area contributed by atoms with Gasteiger partial charge in [-0.15, -0.1) is 0 Å². The second-order valence-electron chi connectivity index (χ2n) is 10.3. The number of rotatable bonds is 8. The lowest BCUT2D eigenvalue weighted by Crippen LogP contribution is -2.58. The summed E-state index contributed by atoms with van der Waals surface area (Å²) in [7, 11) is 2.20. The SMILES string of the molecule is CN1CC2(CCN(c3n[nH]c4cc(Nc5ncc(Br)c(Nc6ccccc6CNS(=O)[O-])n5)ccc34)CC2)C1. The predicted molar refractivity (Wildman–Crippen MR) is 156 cm³/mol. The number of aromatic nitrogens is 4. The topological polar surface area (TPSA) is 137 Å². The maximum absolute atomic E-state index is 10.9. The average molecular weight is 612 g/mol. The van der Waals surface area contributed by atoms with Gasteiger partial charge in [-0.3, -0.25) is 9.31 Å². The van der Waals surface area contributed by atoms with Crippen molar-refractivity contribution in [2.75, 3.05) is 48.8 Å². The van der Waals surface area contributed by atoms with Gasteiger partial charge in [-0.2, -0.15) is 10.1 Å². The summed E-state index contributed by atoms with van der Waals surface area (Å²) >= 11 is 1.15. The van der Waals surface area contributed by atoms with Gasteiger partial charge in [-0.25, -0.2) is 9.71 Å². The lowest BCUT2D eigenvalue weighted by molar-refractivity contribution is 0.00125. The first-order valence-electron chi connectivity index (χ1n) is 12.8. The smallest absolute Gasteiger partial charge is 0.229 e. The largest absolute Gasteiger partial charge is 0.760 e. The van der Waals surface area contributed by atoms with Crippen LogP contribution in [0.3, 0.4) is 0 Å². The number of H-pyrrole nitrogens is 1. The zero-order chi connectivity index (χ0) is 27.0. The van der Waals surface area contributed by atoms with Gasteiger partial charge < -0.3 is 25.0 Å². The van der Waals surface area contributed by atoms with Crippen molar-refractivity contribution in [3.8, 4) is 0 Å². The Morgan fingerprint density at radius 3 is 2.72 bits per heavy atom. The first-order chi connectivity index (χ1) is 18.9. The number of likely N-dealkylation sites (tertiary alicyclic amines) is 1. The maximum Gasteiger partial charge on any atom is 0.229 e. The van der Waals surface area contributed by atoms with Crippen LogP contribution in [-0.4, -0.2) is 67.1 Å². The summed E-state index contributed by atoms with van der Waals surface area (Å²) in [5.41, 5.74) is 3.81. The van der Waals surface area contributed by atoms with E-state index in [1.807, 2.05) is 36.4 Å². The first kappa shape index (κ1) is 26.1. The van der Waals surface area contributed by atoms with Crippen molar-refractivity contribution in [1.29, 1.82) is 0 Å². The summed E-state index contributed by atoms with van der Waals surface area (Å²) in [4.78, 5) is 13.8. The van der Waals surface area contributed by atoms with Crippen LogP contribution in [0.2, 0.25) is 0 Å². The molecule has 4 N–H and O–H groups in total. The van der Waals surface area contributed by atoms with Crippen LogP contribution in [0, 0.1) is 5.41 Å². The molecule has 0 aliphatic carbocycles. The van der Waals surface area contributed by atoms with Crippen LogP contribution in [0.1, 0.15) is 18.4 Å². The van der Waals surface area contributed by atoms with Crippen molar-refractivity contribution < 1.29 is 8.76 Å². The number of benzene rings is 2. The molecule has 2 aromatic carbocycles. The molecule has 11 nitrogen and oxygen atoms in total. The molecule has 2 aliphatic heterocycles. The third kappa shape index (κ3) is 5.63. The molecular weight excluding hydrogens is 582 g/mol. The lowest BCUT2D eigenvalue weighted by Gasteiger charge is -2.53. The molecule has 2 aliphatic rings. The molecule has 0 saturated carbocycles. The Hall–Kier alpha value is -3.10. The number of nitrogens with zero attached hydrogens (tertiary/aromatic N) is 5.